The van der Waals surface area contributed by atoms with Crippen molar-refractivity contribution in [1.82, 2.24) is 30.5 Å². The van der Waals surface area contributed by atoms with E-state index in [1.54, 1.807) is 7.05 Å². The Hall–Kier alpha value is -1.87. The van der Waals surface area contributed by atoms with Gasteiger partial charge in [0.2, 0.25) is 5.91 Å². The Bertz CT molecular complexity index is 755. The lowest BCUT2D eigenvalue weighted by atomic mass is 10.1. The van der Waals surface area contributed by atoms with Gasteiger partial charge in [-0.1, -0.05) is 23.4 Å². The van der Waals surface area contributed by atoms with Gasteiger partial charge in [0.25, 0.3) is 0 Å². The minimum absolute atomic E-state index is 0. The first-order valence-corrected chi connectivity index (χ1v) is 8.78. The van der Waals surface area contributed by atoms with Crippen LogP contribution in [-0.4, -0.2) is 59.5 Å². The van der Waals surface area contributed by atoms with Crippen molar-refractivity contribution in [2.45, 2.75) is 31.7 Å². The number of hydrogen-bond donors (Lipinski definition) is 2. The Morgan fingerprint density at radius 2 is 2.11 bits per heavy atom. The Morgan fingerprint density at radius 1 is 1.36 bits per heavy atom. The van der Waals surface area contributed by atoms with E-state index >= 15 is 0 Å². The van der Waals surface area contributed by atoms with Crippen LogP contribution in [0.1, 0.15) is 23.7 Å². The largest absolute Gasteiger partial charge is 0.487 e. The van der Waals surface area contributed by atoms with E-state index in [4.69, 9.17) is 4.74 Å². The third-order valence-corrected chi connectivity index (χ3v) is 4.44. The summed E-state index contributed by atoms with van der Waals surface area (Å²) in [5.74, 6) is 0.867. The molecule has 0 unspecified atom stereocenters. The summed E-state index contributed by atoms with van der Waals surface area (Å²) in [5.41, 5.74) is 1.91. The summed E-state index contributed by atoms with van der Waals surface area (Å²) >= 11 is 0. The number of para-hydroxylation sites is 1. The average molecular weight is 431 g/mol. The minimum atomic E-state index is -0.174. The van der Waals surface area contributed by atoms with E-state index in [1.165, 1.54) is 0 Å². The average Bonchev–Trinajstić information content (AvgIpc) is 3.29. The number of nitrogens with one attached hydrogen (secondary N) is 2. The van der Waals surface area contributed by atoms with Crippen LogP contribution < -0.4 is 15.4 Å². The van der Waals surface area contributed by atoms with E-state index < -0.39 is 0 Å². The third-order valence-electron chi connectivity index (χ3n) is 4.44. The molecule has 8 nitrogen and oxygen atoms in total. The Balaban J connectivity index is 0.00000196. The monoisotopic (exact) mass is 430 g/mol. The van der Waals surface area contributed by atoms with E-state index in [-0.39, 0.29) is 42.8 Å². The second kappa shape index (κ2) is 11.2. The number of hydrogen-bond acceptors (Lipinski definition) is 6. The number of likely N-dealkylation sites (N-methyl/N-ethyl adjacent to an activating group) is 1. The zero-order chi connectivity index (χ0) is 18.5. The summed E-state index contributed by atoms with van der Waals surface area (Å²) in [5, 5.41) is 14.3. The molecule has 0 aliphatic carbocycles. The van der Waals surface area contributed by atoms with E-state index in [1.807, 2.05) is 43.2 Å². The summed E-state index contributed by atoms with van der Waals surface area (Å²) < 4.78 is 7.77. The van der Waals surface area contributed by atoms with Crippen LogP contribution in [0.3, 0.4) is 0 Å². The van der Waals surface area contributed by atoms with Crippen molar-refractivity contribution < 1.29 is 9.53 Å². The van der Waals surface area contributed by atoms with Crippen LogP contribution in [0.4, 0.5) is 0 Å². The maximum Gasteiger partial charge on any atom is 0.236 e. The summed E-state index contributed by atoms with van der Waals surface area (Å²) in [7, 11) is 5.71. The van der Waals surface area contributed by atoms with Gasteiger partial charge >= 0.3 is 0 Å². The van der Waals surface area contributed by atoms with Crippen LogP contribution in [-0.2, 0) is 17.9 Å². The highest BCUT2D eigenvalue weighted by Crippen LogP contribution is 2.21. The first-order chi connectivity index (χ1) is 12.6. The van der Waals surface area contributed by atoms with Gasteiger partial charge in [-0.05, 0) is 26.6 Å². The second-order valence-corrected chi connectivity index (χ2v) is 6.79. The molecule has 10 heteroatoms. The first kappa shape index (κ1) is 24.2. The molecular formula is C18H28Cl2N6O2. The fourth-order valence-corrected chi connectivity index (χ4v) is 3.12. The summed E-state index contributed by atoms with van der Waals surface area (Å²) in [6.45, 7) is 1.88. The molecule has 1 aromatic carbocycles. The van der Waals surface area contributed by atoms with Gasteiger partial charge in [0, 0.05) is 25.7 Å². The van der Waals surface area contributed by atoms with Crippen LogP contribution in [0.2, 0.25) is 0 Å². The smallest absolute Gasteiger partial charge is 0.236 e. The lowest BCUT2D eigenvalue weighted by Gasteiger charge is -2.14. The Kier molecular flexibility index (Phi) is 9.68. The molecule has 28 heavy (non-hydrogen) atoms. The molecule has 2 N–H and O–H groups in total. The molecule has 2 heterocycles. The molecule has 1 fully saturated rings. The van der Waals surface area contributed by atoms with Crippen LogP contribution in [0.15, 0.2) is 30.5 Å². The minimum Gasteiger partial charge on any atom is -0.487 e. The molecule has 1 aromatic heterocycles. The van der Waals surface area contributed by atoms with E-state index in [2.05, 4.69) is 31.9 Å². The van der Waals surface area contributed by atoms with Gasteiger partial charge in [0.15, 0.2) is 0 Å². The molecule has 1 saturated heterocycles. The highest BCUT2D eigenvalue weighted by atomic mass is 35.5. The normalized spacial score (nSPS) is 18.3. The van der Waals surface area contributed by atoms with E-state index in [0.29, 0.717) is 19.6 Å². The van der Waals surface area contributed by atoms with Crippen molar-refractivity contribution >= 4 is 30.7 Å². The number of halogens is 2. The van der Waals surface area contributed by atoms with Gasteiger partial charge in [-0.2, -0.15) is 0 Å². The van der Waals surface area contributed by atoms with Crippen LogP contribution in [0, 0.1) is 0 Å². The van der Waals surface area contributed by atoms with Crippen LogP contribution in [0.25, 0.3) is 0 Å². The lowest BCUT2D eigenvalue weighted by molar-refractivity contribution is -0.122. The van der Waals surface area contributed by atoms with Gasteiger partial charge in [-0.3, -0.25) is 4.79 Å². The van der Waals surface area contributed by atoms with Crippen molar-refractivity contribution in [1.29, 1.82) is 0 Å². The maximum absolute atomic E-state index is 11.7. The third kappa shape index (κ3) is 6.07. The van der Waals surface area contributed by atoms with Crippen molar-refractivity contribution in [2.24, 2.45) is 0 Å². The second-order valence-electron chi connectivity index (χ2n) is 6.79. The van der Waals surface area contributed by atoms with E-state index in [0.717, 1.165) is 23.6 Å². The van der Waals surface area contributed by atoms with Crippen molar-refractivity contribution in [3.8, 4) is 5.75 Å². The molecule has 0 radical (unpaired) electrons. The van der Waals surface area contributed by atoms with Crippen LogP contribution >= 0.6 is 24.8 Å². The SMILES string of the molecule is CNC(=O)[C@@H]1C[C@@H](n2cc(COc3ccccc3CN(C)C)nn2)CN1.Cl.Cl. The Labute approximate surface area is 177 Å². The van der Waals surface area contributed by atoms with Gasteiger partial charge in [0.05, 0.1) is 18.3 Å². The fraction of sp³-hybridized carbons (Fsp3) is 0.500. The molecule has 1 aliphatic heterocycles. The summed E-state index contributed by atoms with van der Waals surface area (Å²) in [6.07, 6.45) is 2.60. The number of aromatic nitrogens is 3. The molecule has 1 aliphatic rings. The molecule has 156 valence electrons. The molecule has 1 amide bonds. The molecule has 2 atom stereocenters. The quantitative estimate of drug-likeness (QED) is 0.690. The van der Waals surface area contributed by atoms with Crippen molar-refractivity contribution in [3.05, 3.63) is 41.7 Å². The number of nitrogens with zero attached hydrogens (tertiary/aromatic N) is 4. The van der Waals surface area contributed by atoms with Gasteiger partial charge in [0.1, 0.15) is 18.1 Å². The van der Waals surface area contributed by atoms with Gasteiger partial charge in [-0.25, -0.2) is 4.68 Å². The number of benzene rings is 1. The van der Waals surface area contributed by atoms with Gasteiger partial charge < -0.3 is 20.3 Å². The molecule has 0 bridgehead atoms. The standard InChI is InChI=1S/C18H26N6O2.2ClH/c1-19-18(25)16-8-15(9-20-16)24-11-14(21-22-24)12-26-17-7-5-4-6-13(17)10-23(2)3;;/h4-7,11,15-16,20H,8-10,12H2,1-3H3,(H,19,25);2*1H/t15-,16+;;/m1../s1. The lowest BCUT2D eigenvalue weighted by Crippen LogP contribution is -2.38. The number of carbonyl (C=O) groups excluding carboxylic acids is 1. The van der Waals surface area contributed by atoms with E-state index in [9.17, 15) is 4.79 Å². The predicted octanol–water partition coefficient (Wildman–Crippen LogP) is 1.41. The van der Waals surface area contributed by atoms with Crippen molar-refractivity contribution in [2.75, 3.05) is 27.7 Å². The molecule has 0 saturated carbocycles. The zero-order valence-electron chi connectivity index (χ0n) is 16.3. The van der Waals surface area contributed by atoms with Crippen molar-refractivity contribution in [3.63, 3.8) is 0 Å². The van der Waals surface area contributed by atoms with Crippen LogP contribution in [0.5, 0.6) is 5.75 Å². The number of rotatable bonds is 7. The topological polar surface area (TPSA) is 84.3 Å². The maximum atomic E-state index is 11.7. The summed E-state index contributed by atoms with van der Waals surface area (Å²) in [6, 6.07) is 7.96. The molecule has 2 aromatic rings. The predicted molar refractivity (Wildman–Crippen MR) is 112 cm³/mol. The molecule has 3 rings (SSSR count). The number of amides is 1. The highest BCUT2D eigenvalue weighted by molar-refractivity contribution is 5.85. The highest BCUT2D eigenvalue weighted by Gasteiger charge is 2.30. The summed E-state index contributed by atoms with van der Waals surface area (Å²) in [4.78, 5) is 13.8. The van der Waals surface area contributed by atoms with Gasteiger partial charge in [-0.15, -0.1) is 29.9 Å². The number of ether oxygens (including phenoxy) is 1. The molecular weight excluding hydrogens is 403 g/mol. The fourth-order valence-electron chi connectivity index (χ4n) is 3.12. The Morgan fingerprint density at radius 3 is 2.82 bits per heavy atom. The molecule has 0 spiro atoms. The number of carbonyl (C=O) groups is 1. The zero-order valence-corrected chi connectivity index (χ0v) is 17.9. The first-order valence-electron chi connectivity index (χ1n) is 8.78.